The zero-order valence-electron chi connectivity index (χ0n) is 15.2. The molecule has 1 aliphatic rings. The second-order valence-corrected chi connectivity index (χ2v) is 7.11. The highest BCUT2D eigenvalue weighted by Crippen LogP contribution is 2.29. The van der Waals surface area contributed by atoms with Crippen molar-refractivity contribution in [3.63, 3.8) is 0 Å². The van der Waals surface area contributed by atoms with Crippen molar-refractivity contribution in [3.05, 3.63) is 23.4 Å². The zero-order chi connectivity index (χ0) is 17.7. The number of hydrogen-bond donors (Lipinski definition) is 1. The second-order valence-electron chi connectivity index (χ2n) is 7.11. The first kappa shape index (κ1) is 18.7. The van der Waals surface area contributed by atoms with Gasteiger partial charge in [0.05, 0.1) is 5.56 Å². The summed E-state index contributed by atoms with van der Waals surface area (Å²) in [5.41, 5.74) is 1.52. The first-order valence-electron chi connectivity index (χ1n) is 8.51. The quantitative estimate of drug-likeness (QED) is 0.797. The molecule has 0 radical (unpaired) electrons. The third kappa shape index (κ3) is 4.67. The van der Waals surface area contributed by atoms with Gasteiger partial charge in [-0.1, -0.05) is 0 Å². The van der Waals surface area contributed by atoms with Crippen LogP contribution in [0.3, 0.4) is 0 Å². The van der Waals surface area contributed by atoms with E-state index < -0.39 is 0 Å². The molecule has 1 fully saturated rings. The maximum atomic E-state index is 9.77. The van der Waals surface area contributed by atoms with Gasteiger partial charge in [0.25, 0.3) is 0 Å². The number of aliphatic hydroxyl groups excluding tert-OH is 1. The molecule has 1 N–H and O–H groups in total. The van der Waals surface area contributed by atoms with Gasteiger partial charge in [0.2, 0.25) is 0 Å². The van der Waals surface area contributed by atoms with E-state index in [0.717, 1.165) is 44.2 Å². The molecule has 1 aromatic rings. The molecule has 0 aliphatic carbocycles. The van der Waals surface area contributed by atoms with E-state index in [2.05, 4.69) is 46.9 Å². The van der Waals surface area contributed by atoms with Gasteiger partial charge < -0.3 is 19.8 Å². The third-order valence-corrected chi connectivity index (χ3v) is 4.72. The smallest absolute Gasteiger partial charge is 0.146 e. The summed E-state index contributed by atoms with van der Waals surface area (Å²) in [4.78, 5) is 11.2. The van der Waals surface area contributed by atoms with Gasteiger partial charge in [0.1, 0.15) is 11.9 Å². The summed E-state index contributed by atoms with van der Waals surface area (Å²) in [6.07, 6.45) is 0. The van der Waals surface area contributed by atoms with E-state index in [4.69, 9.17) is 0 Å². The summed E-state index contributed by atoms with van der Waals surface area (Å²) in [5, 5.41) is 19.1. The Morgan fingerprint density at radius 3 is 2.58 bits per heavy atom. The molecule has 0 saturated carbocycles. The molecule has 2 heterocycles. The fraction of sp³-hybridized carbons (Fsp3) is 0.667. The summed E-state index contributed by atoms with van der Waals surface area (Å²) in [6, 6.07) is 5.94. The van der Waals surface area contributed by atoms with Crippen LogP contribution in [0.1, 0.15) is 11.3 Å². The normalized spacial score (nSPS) is 20.8. The zero-order valence-corrected chi connectivity index (χ0v) is 15.2. The van der Waals surface area contributed by atoms with Gasteiger partial charge in [0, 0.05) is 50.9 Å². The summed E-state index contributed by atoms with van der Waals surface area (Å²) < 4.78 is 0. The van der Waals surface area contributed by atoms with Crippen LogP contribution in [0.25, 0.3) is 0 Å². The molecule has 1 aromatic heterocycles. The highest BCUT2D eigenvalue weighted by Gasteiger charge is 2.34. The number of nitrogens with zero attached hydrogens (tertiary/aromatic N) is 5. The standard InChI is InChI=1S/C18H29N5O/c1-14-5-6-15(9-19)18(20-14)23-11-16(17(12-23)13-24)10-22(4)8-7-21(2)3/h5-6,16-17,24H,7-8,10-13H2,1-4H3. The van der Waals surface area contributed by atoms with Crippen LogP contribution in [-0.4, -0.2) is 80.4 Å². The first-order chi connectivity index (χ1) is 11.4. The number of hydrogen-bond acceptors (Lipinski definition) is 6. The summed E-state index contributed by atoms with van der Waals surface area (Å²) in [5.74, 6) is 1.37. The lowest BCUT2D eigenvalue weighted by atomic mass is 9.96. The maximum Gasteiger partial charge on any atom is 0.146 e. The Hall–Kier alpha value is -1.68. The summed E-state index contributed by atoms with van der Waals surface area (Å²) >= 11 is 0. The van der Waals surface area contributed by atoms with E-state index >= 15 is 0 Å². The minimum absolute atomic E-state index is 0.177. The number of nitriles is 1. The molecule has 1 saturated heterocycles. The highest BCUT2D eigenvalue weighted by molar-refractivity contribution is 5.55. The van der Waals surface area contributed by atoms with E-state index in [1.54, 1.807) is 0 Å². The van der Waals surface area contributed by atoms with Gasteiger partial charge in [-0.05, 0) is 46.1 Å². The molecule has 24 heavy (non-hydrogen) atoms. The van der Waals surface area contributed by atoms with Crippen molar-refractivity contribution in [2.45, 2.75) is 6.92 Å². The molecule has 0 aromatic carbocycles. The van der Waals surface area contributed by atoms with Crippen molar-refractivity contribution in [1.29, 1.82) is 5.26 Å². The number of anilines is 1. The van der Waals surface area contributed by atoms with Crippen LogP contribution in [0, 0.1) is 30.1 Å². The number of aromatic nitrogens is 1. The fourth-order valence-corrected chi connectivity index (χ4v) is 3.26. The van der Waals surface area contributed by atoms with E-state index in [0.29, 0.717) is 11.5 Å². The Kier molecular flexibility index (Phi) is 6.55. The lowest BCUT2D eigenvalue weighted by Crippen LogP contribution is -2.35. The van der Waals surface area contributed by atoms with Crippen molar-refractivity contribution in [2.75, 3.05) is 65.4 Å². The van der Waals surface area contributed by atoms with Crippen LogP contribution in [-0.2, 0) is 0 Å². The Morgan fingerprint density at radius 2 is 1.96 bits per heavy atom. The molecule has 0 bridgehead atoms. The molecule has 0 spiro atoms. The molecule has 2 rings (SSSR count). The second kappa shape index (κ2) is 8.43. The van der Waals surface area contributed by atoms with Crippen LogP contribution >= 0.6 is 0 Å². The topological polar surface area (TPSA) is 66.6 Å². The van der Waals surface area contributed by atoms with E-state index in [9.17, 15) is 10.4 Å². The highest BCUT2D eigenvalue weighted by atomic mass is 16.3. The average molecular weight is 331 g/mol. The van der Waals surface area contributed by atoms with E-state index in [1.165, 1.54) is 0 Å². The van der Waals surface area contributed by atoms with E-state index in [1.807, 2.05) is 19.1 Å². The first-order valence-corrected chi connectivity index (χ1v) is 8.51. The molecule has 6 heteroatoms. The number of aliphatic hydroxyl groups is 1. The molecular formula is C18H29N5O. The van der Waals surface area contributed by atoms with Gasteiger partial charge in [0.15, 0.2) is 0 Å². The average Bonchev–Trinajstić information content (AvgIpc) is 2.95. The lowest BCUT2D eigenvalue weighted by Gasteiger charge is -2.25. The predicted octanol–water partition coefficient (Wildman–Crippen LogP) is 0.800. The van der Waals surface area contributed by atoms with E-state index in [-0.39, 0.29) is 12.5 Å². The molecule has 0 amide bonds. The van der Waals surface area contributed by atoms with Crippen molar-refractivity contribution in [1.82, 2.24) is 14.8 Å². The van der Waals surface area contributed by atoms with Crippen LogP contribution in [0.15, 0.2) is 12.1 Å². The number of pyridine rings is 1. The molecular weight excluding hydrogens is 302 g/mol. The Morgan fingerprint density at radius 1 is 1.25 bits per heavy atom. The van der Waals surface area contributed by atoms with Crippen molar-refractivity contribution in [2.24, 2.45) is 11.8 Å². The minimum atomic E-state index is 0.177. The predicted molar refractivity (Wildman–Crippen MR) is 96.0 cm³/mol. The maximum absolute atomic E-state index is 9.77. The monoisotopic (exact) mass is 331 g/mol. The van der Waals surface area contributed by atoms with Crippen LogP contribution in [0.5, 0.6) is 0 Å². The van der Waals surface area contributed by atoms with Crippen molar-refractivity contribution in [3.8, 4) is 6.07 Å². The Bertz CT molecular complexity index is 583. The molecule has 2 unspecified atom stereocenters. The SMILES string of the molecule is Cc1ccc(C#N)c(N2CC(CO)C(CN(C)CCN(C)C)C2)n1. The van der Waals surface area contributed by atoms with Gasteiger partial charge in [-0.15, -0.1) is 0 Å². The number of rotatable bonds is 7. The molecule has 6 nitrogen and oxygen atoms in total. The Balaban J connectivity index is 2.06. The van der Waals surface area contributed by atoms with Gasteiger partial charge >= 0.3 is 0 Å². The largest absolute Gasteiger partial charge is 0.396 e. The fourth-order valence-electron chi connectivity index (χ4n) is 3.26. The van der Waals surface area contributed by atoms with Crippen LogP contribution < -0.4 is 4.90 Å². The number of likely N-dealkylation sites (N-methyl/N-ethyl adjacent to an activating group) is 2. The van der Waals surface area contributed by atoms with Crippen molar-refractivity contribution < 1.29 is 5.11 Å². The molecule has 132 valence electrons. The van der Waals surface area contributed by atoms with Gasteiger partial charge in [-0.3, -0.25) is 0 Å². The van der Waals surface area contributed by atoms with Crippen LogP contribution in [0.4, 0.5) is 5.82 Å². The van der Waals surface area contributed by atoms with Crippen molar-refractivity contribution >= 4 is 5.82 Å². The molecule has 1 aliphatic heterocycles. The van der Waals surface area contributed by atoms with Gasteiger partial charge in [-0.2, -0.15) is 5.26 Å². The number of aryl methyl sites for hydroxylation is 1. The minimum Gasteiger partial charge on any atom is -0.396 e. The molecule has 2 atom stereocenters. The van der Waals surface area contributed by atoms with Gasteiger partial charge in [-0.25, -0.2) is 4.98 Å². The third-order valence-electron chi connectivity index (χ3n) is 4.72. The summed E-state index contributed by atoms with van der Waals surface area (Å²) in [6.45, 7) is 6.69. The summed E-state index contributed by atoms with van der Waals surface area (Å²) in [7, 11) is 6.29. The lowest BCUT2D eigenvalue weighted by molar-refractivity contribution is 0.171. The van der Waals surface area contributed by atoms with Crippen LogP contribution in [0.2, 0.25) is 0 Å². The Labute approximate surface area is 145 Å².